The zero-order valence-electron chi connectivity index (χ0n) is 12.2. The molecule has 1 heterocycles. The first-order valence-electron chi connectivity index (χ1n) is 6.85. The summed E-state index contributed by atoms with van der Waals surface area (Å²) in [7, 11) is 0. The molecule has 0 aliphatic carbocycles. The Bertz CT molecular complexity index is 534. The number of hydrogen-bond acceptors (Lipinski definition) is 3. The van der Waals surface area contributed by atoms with Crippen LogP contribution in [0.4, 0.5) is 11.4 Å². The van der Waals surface area contributed by atoms with Crippen molar-refractivity contribution in [3.05, 3.63) is 23.8 Å². The summed E-state index contributed by atoms with van der Waals surface area (Å²) in [6.07, 6.45) is 1.85. The van der Waals surface area contributed by atoms with Crippen LogP contribution in [0.3, 0.4) is 0 Å². The van der Waals surface area contributed by atoms with Crippen molar-refractivity contribution in [2.45, 2.75) is 39.2 Å². The standard InChI is InChI=1S/C15H21N3O2/c1-10-5-6-12(9-13(10)17-11(2)19)18-14(20)15(3)7-4-8-16-15/h5-6,9,16H,4,7-8H2,1-3H3,(H,17,19)(H,18,20). The maximum atomic E-state index is 12.3. The molecule has 1 atom stereocenters. The van der Waals surface area contributed by atoms with Crippen LogP contribution >= 0.6 is 0 Å². The molecule has 1 aromatic rings. The van der Waals surface area contributed by atoms with Crippen LogP contribution in [0.5, 0.6) is 0 Å². The van der Waals surface area contributed by atoms with Gasteiger partial charge in [-0.2, -0.15) is 0 Å². The highest BCUT2D eigenvalue weighted by atomic mass is 16.2. The molecule has 2 amide bonds. The second kappa shape index (κ2) is 5.63. The lowest BCUT2D eigenvalue weighted by Crippen LogP contribution is -2.47. The molecule has 20 heavy (non-hydrogen) atoms. The van der Waals surface area contributed by atoms with Crippen LogP contribution in [0.25, 0.3) is 0 Å². The number of amides is 2. The minimum atomic E-state index is -0.501. The van der Waals surface area contributed by atoms with Crippen molar-refractivity contribution < 1.29 is 9.59 Å². The van der Waals surface area contributed by atoms with E-state index in [-0.39, 0.29) is 11.8 Å². The van der Waals surface area contributed by atoms with Crippen molar-refractivity contribution in [2.24, 2.45) is 0 Å². The maximum Gasteiger partial charge on any atom is 0.244 e. The Morgan fingerprint density at radius 3 is 2.65 bits per heavy atom. The molecule has 0 spiro atoms. The third-order valence-electron chi connectivity index (χ3n) is 3.68. The van der Waals surface area contributed by atoms with Gasteiger partial charge in [0, 0.05) is 18.3 Å². The van der Waals surface area contributed by atoms with E-state index < -0.39 is 5.54 Å². The van der Waals surface area contributed by atoms with Crippen molar-refractivity contribution >= 4 is 23.2 Å². The third-order valence-corrected chi connectivity index (χ3v) is 3.68. The summed E-state index contributed by atoms with van der Waals surface area (Å²) in [4.78, 5) is 23.4. The molecule has 1 aliphatic rings. The number of anilines is 2. The van der Waals surface area contributed by atoms with Crippen molar-refractivity contribution in [3.63, 3.8) is 0 Å². The van der Waals surface area contributed by atoms with E-state index >= 15 is 0 Å². The SMILES string of the molecule is CC(=O)Nc1cc(NC(=O)C2(C)CCCN2)ccc1C. The number of carbonyl (C=O) groups excluding carboxylic acids is 2. The van der Waals surface area contributed by atoms with E-state index in [9.17, 15) is 9.59 Å². The van der Waals surface area contributed by atoms with Crippen LogP contribution in [-0.2, 0) is 9.59 Å². The number of rotatable bonds is 3. The zero-order valence-corrected chi connectivity index (χ0v) is 12.2. The fraction of sp³-hybridized carbons (Fsp3) is 0.467. The molecular formula is C15H21N3O2. The Morgan fingerprint density at radius 2 is 2.05 bits per heavy atom. The summed E-state index contributed by atoms with van der Waals surface area (Å²) in [6, 6.07) is 5.51. The number of aryl methyl sites for hydroxylation is 1. The molecule has 108 valence electrons. The van der Waals surface area contributed by atoms with Gasteiger partial charge in [0.2, 0.25) is 11.8 Å². The Balaban J connectivity index is 2.13. The number of benzene rings is 1. The van der Waals surface area contributed by atoms with E-state index in [1.807, 2.05) is 26.0 Å². The van der Waals surface area contributed by atoms with Crippen LogP contribution in [0.15, 0.2) is 18.2 Å². The molecule has 1 unspecified atom stereocenters. The van der Waals surface area contributed by atoms with Gasteiger partial charge in [0.25, 0.3) is 0 Å². The summed E-state index contributed by atoms with van der Waals surface area (Å²) in [5.74, 6) is -0.159. The Morgan fingerprint density at radius 1 is 1.30 bits per heavy atom. The molecule has 3 N–H and O–H groups in total. The maximum absolute atomic E-state index is 12.3. The Labute approximate surface area is 119 Å². The first-order valence-corrected chi connectivity index (χ1v) is 6.85. The molecule has 0 saturated carbocycles. The topological polar surface area (TPSA) is 70.2 Å². The van der Waals surface area contributed by atoms with Crippen molar-refractivity contribution in [1.29, 1.82) is 0 Å². The average molecular weight is 275 g/mol. The highest BCUT2D eigenvalue weighted by molar-refractivity contribution is 5.99. The molecule has 1 aliphatic heterocycles. The fourth-order valence-corrected chi connectivity index (χ4v) is 2.38. The number of carbonyl (C=O) groups is 2. The first kappa shape index (κ1) is 14.5. The second-order valence-corrected chi connectivity index (χ2v) is 5.53. The minimum Gasteiger partial charge on any atom is -0.326 e. The van der Waals surface area contributed by atoms with Gasteiger partial charge in [-0.05, 0) is 50.9 Å². The lowest BCUT2D eigenvalue weighted by atomic mass is 9.99. The predicted octanol–water partition coefficient (Wildman–Crippen LogP) is 2.03. The third kappa shape index (κ3) is 3.17. The average Bonchev–Trinajstić information content (AvgIpc) is 2.81. The largest absolute Gasteiger partial charge is 0.326 e. The minimum absolute atomic E-state index is 0.0346. The number of hydrogen-bond donors (Lipinski definition) is 3. The molecule has 1 fully saturated rings. The van der Waals surface area contributed by atoms with Gasteiger partial charge >= 0.3 is 0 Å². The van der Waals surface area contributed by atoms with Gasteiger partial charge < -0.3 is 16.0 Å². The van der Waals surface area contributed by atoms with Crippen LogP contribution in [-0.4, -0.2) is 23.9 Å². The first-order chi connectivity index (χ1) is 9.40. The zero-order chi connectivity index (χ0) is 14.8. The normalized spacial score (nSPS) is 21.6. The monoisotopic (exact) mass is 275 g/mol. The second-order valence-electron chi connectivity index (χ2n) is 5.53. The highest BCUT2D eigenvalue weighted by Gasteiger charge is 2.35. The highest BCUT2D eigenvalue weighted by Crippen LogP contribution is 2.24. The quantitative estimate of drug-likeness (QED) is 0.790. The van der Waals surface area contributed by atoms with Crippen LogP contribution in [0, 0.1) is 6.92 Å². The van der Waals surface area contributed by atoms with Gasteiger partial charge in [-0.25, -0.2) is 0 Å². The summed E-state index contributed by atoms with van der Waals surface area (Å²) in [6.45, 7) is 6.16. The van der Waals surface area contributed by atoms with E-state index in [0.717, 1.165) is 30.6 Å². The van der Waals surface area contributed by atoms with Gasteiger partial charge in [-0.15, -0.1) is 0 Å². The summed E-state index contributed by atoms with van der Waals surface area (Å²) >= 11 is 0. The summed E-state index contributed by atoms with van der Waals surface area (Å²) < 4.78 is 0. The smallest absolute Gasteiger partial charge is 0.244 e. The van der Waals surface area contributed by atoms with Gasteiger partial charge in [-0.3, -0.25) is 9.59 Å². The molecule has 1 aromatic carbocycles. The van der Waals surface area contributed by atoms with Gasteiger partial charge in [0.1, 0.15) is 0 Å². The molecule has 0 aromatic heterocycles. The predicted molar refractivity (Wildman–Crippen MR) is 79.8 cm³/mol. The van der Waals surface area contributed by atoms with Crippen LogP contribution in [0.1, 0.15) is 32.3 Å². The van der Waals surface area contributed by atoms with Gasteiger partial charge in [0.05, 0.1) is 5.54 Å². The summed E-state index contributed by atoms with van der Waals surface area (Å²) in [5.41, 5.74) is 1.88. The lowest BCUT2D eigenvalue weighted by Gasteiger charge is -2.23. The van der Waals surface area contributed by atoms with E-state index in [0.29, 0.717) is 5.69 Å². The molecule has 5 heteroatoms. The van der Waals surface area contributed by atoms with Crippen molar-refractivity contribution in [2.75, 3.05) is 17.2 Å². The Kier molecular flexibility index (Phi) is 4.09. The lowest BCUT2D eigenvalue weighted by molar-refractivity contribution is -0.121. The van der Waals surface area contributed by atoms with E-state index in [1.165, 1.54) is 6.92 Å². The van der Waals surface area contributed by atoms with E-state index in [1.54, 1.807) is 6.07 Å². The van der Waals surface area contributed by atoms with Gasteiger partial charge in [0.15, 0.2) is 0 Å². The summed E-state index contributed by atoms with van der Waals surface area (Å²) in [5, 5.41) is 8.90. The van der Waals surface area contributed by atoms with E-state index in [4.69, 9.17) is 0 Å². The van der Waals surface area contributed by atoms with Crippen LogP contribution < -0.4 is 16.0 Å². The van der Waals surface area contributed by atoms with Crippen molar-refractivity contribution in [3.8, 4) is 0 Å². The molecule has 5 nitrogen and oxygen atoms in total. The Hall–Kier alpha value is -1.88. The van der Waals surface area contributed by atoms with Crippen molar-refractivity contribution in [1.82, 2.24) is 5.32 Å². The molecular weight excluding hydrogens is 254 g/mol. The van der Waals surface area contributed by atoms with E-state index in [2.05, 4.69) is 16.0 Å². The van der Waals surface area contributed by atoms with Crippen LogP contribution in [0.2, 0.25) is 0 Å². The molecule has 0 radical (unpaired) electrons. The molecule has 2 rings (SSSR count). The number of nitrogens with one attached hydrogen (secondary N) is 3. The van der Waals surface area contributed by atoms with Gasteiger partial charge in [-0.1, -0.05) is 6.07 Å². The fourth-order valence-electron chi connectivity index (χ4n) is 2.38. The molecule has 1 saturated heterocycles. The molecule has 0 bridgehead atoms.